The quantitative estimate of drug-likeness (QED) is 0.560. The maximum atomic E-state index is 11.7. The molecule has 3 N–H and O–H groups in total. The van der Waals surface area contributed by atoms with E-state index in [1.54, 1.807) is 24.3 Å². The van der Waals surface area contributed by atoms with Crippen LogP contribution in [0.1, 0.15) is 30.1 Å². The summed E-state index contributed by atoms with van der Waals surface area (Å²) in [5.41, 5.74) is 6.80. The normalized spacial score (nSPS) is 10.2. The number of ether oxygens (including phenoxy) is 1. The second-order valence-corrected chi connectivity index (χ2v) is 3.85. The highest BCUT2D eigenvalue weighted by Crippen LogP contribution is 2.05. The molecular weight excluding hydrogens is 216 g/mol. The number of amides is 1. The van der Waals surface area contributed by atoms with Crippen LogP contribution in [0.4, 0.5) is 5.69 Å². The lowest BCUT2D eigenvalue weighted by molar-refractivity contribution is 0.0941. The van der Waals surface area contributed by atoms with Gasteiger partial charge in [-0.25, -0.2) is 0 Å². The molecular formula is C13H20N2O2. The first-order valence-electron chi connectivity index (χ1n) is 5.95. The van der Waals surface area contributed by atoms with Gasteiger partial charge < -0.3 is 15.8 Å². The first-order valence-corrected chi connectivity index (χ1v) is 5.95. The van der Waals surface area contributed by atoms with Gasteiger partial charge >= 0.3 is 0 Å². The highest BCUT2D eigenvalue weighted by atomic mass is 16.5. The Morgan fingerprint density at radius 1 is 1.41 bits per heavy atom. The van der Waals surface area contributed by atoms with E-state index in [4.69, 9.17) is 10.5 Å². The number of benzene rings is 1. The largest absolute Gasteiger partial charge is 0.399 e. The van der Waals surface area contributed by atoms with Gasteiger partial charge in [0, 0.05) is 31.0 Å². The summed E-state index contributed by atoms with van der Waals surface area (Å²) in [4.78, 5) is 11.7. The van der Waals surface area contributed by atoms with Crippen LogP contribution in [0.5, 0.6) is 0 Å². The number of nitrogens with two attached hydrogens (primary N) is 1. The molecule has 94 valence electrons. The van der Waals surface area contributed by atoms with Gasteiger partial charge in [0.2, 0.25) is 0 Å². The summed E-state index contributed by atoms with van der Waals surface area (Å²) in [6.45, 7) is 4.16. The lowest BCUT2D eigenvalue weighted by Gasteiger charge is -2.06. The van der Waals surface area contributed by atoms with Crippen LogP contribution < -0.4 is 11.1 Å². The Labute approximate surface area is 102 Å². The van der Waals surface area contributed by atoms with E-state index in [9.17, 15) is 4.79 Å². The van der Waals surface area contributed by atoms with E-state index in [1.807, 2.05) is 0 Å². The standard InChI is InChI=1S/C13H20N2O2/c1-2-8-17-9-4-7-15-13(16)11-5-3-6-12(14)10-11/h3,5-6,10H,2,4,7-9,14H2,1H3,(H,15,16). The van der Waals surface area contributed by atoms with Crippen LogP contribution in [-0.4, -0.2) is 25.7 Å². The Hall–Kier alpha value is -1.55. The smallest absolute Gasteiger partial charge is 0.251 e. The lowest BCUT2D eigenvalue weighted by Crippen LogP contribution is -2.25. The number of nitrogens with one attached hydrogen (secondary N) is 1. The molecule has 1 aromatic rings. The average molecular weight is 236 g/mol. The van der Waals surface area contributed by atoms with Gasteiger partial charge in [-0.15, -0.1) is 0 Å². The minimum absolute atomic E-state index is 0.0900. The van der Waals surface area contributed by atoms with Crippen molar-refractivity contribution in [3.63, 3.8) is 0 Å². The maximum Gasteiger partial charge on any atom is 0.251 e. The van der Waals surface area contributed by atoms with Gasteiger partial charge in [-0.2, -0.15) is 0 Å². The zero-order valence-electron chi connectivity index (χ0n) is 10.2. The van der Waals surface area contributed by atoms with Crippen molar-refractivity contribution >= 4 is 11.6 Å². The molecule has 0 bridgehead atoms. The molecule has 0 spiro atoms. The summed E-state index contributed by atoms with van der Waals surface area (Å²) in [6.07, 6.45) is 1.85. The summed E-state index contributed by atoms with van der Waals surface area (Å²) in [5, 5.41) is 2.83. The van der Waals surface area contributed by atoms with Crippen molar-refractivity contribution in [3.8, 4) is 0 Å². The molecule has 0 radical (unpaired) electrons. The third-order valence-electron chi connectivity index (χ3n) is 2.25. The molecule has 1 rings (SSSR count). The molecule has 4 heteroatoms. The van der Waals surface area contributed by atoms with Gasteiger partial charge in [-0.3, -0.25) is 4.79 Å². The number of anilines is 1. The number of carbonyl (C=O) groups is 1. The number of rotatable bonds is 7. The molecule has 0 saturated carbocycles. The van der Waals surface area contributed by atoms with Crippen molar-refractivity contribution in [2.24, 2.45) is 0 Å². The molecule has 1 amide bonds. The van der Waals surface area contributed by atoms with Crippen molar-refractivity contribution in [3.05, 3.63) is 29.8 Å². The fourth-order valence-electron chi connectivity index (χ4n) is 1.40. The molecule has 0 aliphatic rings. The van der Waals surface area contributed by atoms with Gasteiger partial charge in [0.05, 0.1) is 0 Å². The topological polar surface area (TPSA) is 64.3 Å². The SMILES string of the molecule is CCCOCCCNC(=O)c1cccc(N)c1. The molecule has 0 aliphatic heterocycles. The average Bonchev–Trinajstić information content (AvgIpc) is 2.33. The van der Waals surface area contributed by atoms with E-state index in [2.05, 4.69) is 12.2 Å². The number of hydrogen-bond donors (Lipinski definition) is 2. The van der Waals surface area contributed by atoms with Crippen molar-refractivity contribution in [2.45, 2.75) is 19.8 Å². The molecule has 1 aromatic carbocycles. The van der Waals surface area contributed by atoms with Gasteiger partial charge in [0.15, 0.2) is 0 Å². The molecule has 0 fully saturated rings. The minimum atomic E-state index is -0.0900. The lowest BCUT2D eigenvalue weighted by atomic mass is 10.2. The van der Waals surface area contributed by atoms with Crippen LogP contribution in [0.2, 0.25) is 0 Å². The fourth-order valence-corrected chi connectivity index (χ4v) is 1.40. The molecule has 17 heavy (non-hydrogen) atoms. The minimum Gasteiger partial charge on any atom is -0.399 e. The number of hydrogen-bond acceptors (Lipinski definition) is 3. The highest BCUT2D eigenvalue weighted by Gasteiger charge is 2.03. The van der Waals surface area contributed by atoms with E-state index in [0.29, 0.717) is 24.4 Å². The van der Waals surface area contributed by atoms with Crippen LogP contribution in [0.3, 0.4) is 0 Å². The second kappa shape index (κ2) is 7.68. The highest BCUT2D eigenvalue weighted by molar-refractivity contribution is 5.94. The summed E-state index contributed by atoms with van der Waals surface area (Å²) in [7, 11) is 0. The van der Waals surface area contributed by atoms with Crippen LogP contribution in [0.25, 0.3) is 0 Å². The van der Waals surface area contributed by atoms with Gasteiger partial charge in [0.25, 0.3) is 5.91 Å². The van der Waals surface area contributed by atoms with Crippen LogP contribution in [0, 0.1) is 0 Å². The third-order valence-corrected chi connectivity index (χ3v) is 2.25. The van der Waals surface area contributed by atoms with E-state index in [1.165, 1.54) is 0 Å². The van der Waals surface area contributed by atoms with Crippen LogP contribution >= 0.6 is 0 Å². The number of carbonyl (C=O) groups excluding carboxylic acids is 1. The Morgan fingerprint density at radius 3 is 2.94 bits per heavy atom. The van der Waals surface area contributed by atoms with E-state index in [-0.39, 0.29) is 5.91 Å². The van der Waals surface area contributed by atoms with Gasteiger partial charge in [0.1, 0.15) is 0 Å². The third kappa shape index (κ3) is 5.36. The Bertz CT molecular complexity index is 353. The van der Waals surface area contributed by atoms with Crippen molar-refractivity contribution in [2.75, 3.05) is 25.5 Å². The Morgan fingerprint density at radius 2 is 2.24 bits per heavy atom. The molecule has 4 nitrogen and oxygen atoms in total. The van der Waals surface area contributed by atoms with Crippen LogP contribution in [-0.2, 0) is 4.74 Å². The Balaban J connectivity index is 2.21. The second-order valence-electron chi connectivity index (χ2n) is 3.85. The van der Waals surface area contributed by atoms with E-state index in [0.717, 1.165) is 19.4 Å². The summed E-state index contributed by atoms with van der Waals surface area (Å²) < 4.78 is 5.32. The Kier molecular flexibility index (Phi) is 6.10. The zero-order valence-corrected chi connectivity index (χ0v) is 10.2. The fraction of sp³-hybridized carbons (Fsp3) is 0.462. The first kappa shape index (κ1) is 13.5. The number of nitrogen functional groups attached to an aromatic ring is 1. The maximum absolute atomic E-state index is 11.7. The predicted molar refractivity (Wildman–Crippen MR) is 68.9 cm³/mol. The van der Waals surface area contributed by atoms with E-state index >= 15 is 0 Å². The summed E-state index contributed by atoms with van der Waals surface area (Å²) in [6, 6.07) is 6.95. The predicted octanol–water partition coefficient (Wildman–Crippen LogP) is 1.82. The molecule has 0 atom stereocenters. The van der Waals surface area contributed by atoms with Gasteiger partial charge in [-0.05, 0) is 31.0 Å². The van der Waals surface area contributed by atoms with E-state index < -0.39 is 0 Å². The zero-order chi connectivity index (χ0) is 12.5. The first-order chi connectivity index (χ1) is 8.24. The van der Waals surface area contributed by atoms with Crippen molar-refractivity contribution in [1.29, 1.82) is 0 Å². The van der Waals surface area contributed by atoms with Gasteiger partial charge in [-0.1, -0.05) is 13.0 Å². The molecule has 0 saturated heterocycles. The summed E-state index contributed by atoms with van der Waals surface area (Å²) in [5.74, 6) is -0.0900. The van der Waals surface area contributed by atoms with Crippen LogP contribution in [0.15, 0.2) is 24.3 Å². The van der Waals surface area contributed by atoms with Crippen molar-refractivity contribution < 1.29 is 9.53 Å². The molecule has 0 aromatic heterocycles. The summed E-state index contributed by atoms with van der Waals surface area (Å²) >= 11 is 0. The monoisotopic (exact) mass is 236 g/mol. The molecule has 0 heterocycles. The molecule has 0 aliphatic carbocycles. The molecule has 0 unspecified atom stereocenters. The van der Waals surface area contributed by atoms with Crippen molar-refractivity contribution in [1.82, 2.24) is 5.32 Å².